The van der Waals surface area contributed by atoms with Crippen LogP contribution in [0.25, 0.3) is 5.57 Å². The van der Waals surface area contributed by atoms with Gasteiger partial charge in [0.05, 0.1) is 6.10 Å². The Kier molecular flexibility index (Phi) is 9.46. The molecule has 1 fully saturated rings. The Hall–Kier alpha value is -1.08. The van der Waals surface area contributed by atoms with Crippen LogP contribution in [0, 0.1) is 0 Å². The molecule has 0 saturated heterocycles. The largest absolute Gasteiger partial charge is 0.378 e. The van der Waals surface area contributed by atoms with E-state index in [0.29, 0.717) is 6.10 Å². The molecule has 1 aromatic rings. The van der Waals surface area contributed by atoms with Gasteiger partial charge in [0, 0.05) is 33.3 Å². The molecule has 0 aromatic heterocycles. The summed E-state index contributed by atoms with van der Waals surface area (Å²) in [6.07, 6.45) is 10.1. The molecule has 0 amide bonds. The van der Waals surface area contributed by atoms with Crippen molar-refractivity contribution >= 4 is 35.5 Å². The number of halogens is 1. The zero-order valence-corrected chi connectivity index (χ0v) is 18.2. The third-order valence-corrected chi connectivity index (χ3v) is 5.13. The first kappa shape index (κ1) is 21.2. The van der Waals surface area contributed by atoms with Gasteiger partial charge in [-0.05, 0) is 36.8 Å². The standard InChI is InChI=1S/C21H31N3O.HI/c1-22-21(23-14-7-17-25-20-10-5-6-11-20)24-15-12-19(13-16-24)18-8-3-2-4-9-18;/h2-4,8-9,12,20H,5-7,10-11,13-17H2,1H3,(H,22,23);1H. The monoisotopic (exact) mass is 469 g/mol. The van der Waals surface area contributed by atoms with E-state index in [1.807, 2.05) is 7.05 Å². The van der Waals surface area contributed by atoms with Crippen LogP contribution in [-0.4, -0.2) is 50.3 Å². The first-order valence-electron chi connectivity index (χ1n) is 9.68. The number of hydrogen-bond donors (Lipinski definition) is 1. The summed E-state index contributed by atoms with van der Waals surface area (Å²) >= 11 is 0. The fourth-order valence-corrected chi connectivity index (χ4v) is 3.69. The lowest BCUT2D eigenvalue weighted by molar-refractivity contribution is 0.0573. The Labute approximate surface area is 175 Å². The predicted molar refractivity (Wildman–Crippen MR) is 120 cm³/mol. The minimum absolute atomic E-state index is 0. The van der Waals surface area contributed by atoms with Gasteiger partial charge < -0.3 is 15.0 Å². The molecule has 1 N–H and O–H groups in total. The van der Waals surface area contributed by atoms with Gasteiger partial charge in [0.1, 0.15) is 0 Å². The molecule has 2 aliphatic rings. The van der Waals surface area contributed by atoms with Crippen LogP contribution in [0.2, 0.25) is 0 Å². The maximum atomic E-state index is 5.92. The van der Waals surface area contributed by atoms with E-state index in [1.165, 1.54) is 36.8 Å². The first-order chi connectivity index (χ1) is 12.4. The lowest BCUT2D eigenvalue weighted by Gasteiger charge is -2.29. The van der Waals surface area contributed by atoms with Gasteiger partial charge in [0.25, 0.3) is 0 Å². The number of rotatable bonds is 6. The van der Waals surface area contributed by atoms with Crippen molar-refractivity contribution in [1.29, 1.82) is 0 Å². The normalized spacial score (nSPS) is 18.4. The van der Waals surface area contributed by atoms with Crippen molar-refractivity contribution in [3.05, 3.63) is 42.0 Å². The minimum Gasteiger partial charge on any atom is -0.378 e. The van der Waals surface area contributed by atoms with E-state index < -0.39 is 0 Å². The molecule has 26 heavy (non-hydrogen) atoms. The number of aliphatic imine (C=N–C) groups is 1. The van der Waals surface area contributed by atoms with Crippen LogP contribution in [0.15, 0.2) is 41.4 Å². The maximum Gasteiger partial charge on any atom is 0.193 e. The van der Waals surface area contributed by atoms with Gasteiger partial charge >= 0.3 is 0 Å². The lowest BCUT2D eigenvalue weighted by atomic mass is 10.00. The van der Waals surface area contributed by atoms with Gasteiger partial charge in [0.15, 0.2) is 5.96 Å². The molecule has 0 bridgehead atoms. The zero-order chi connectivity index (χ0) is 17.3. The molecule has 1 aliphatic carbocycles. The molecular weight excluding hydrogens is 437 g/mol. The average Bonchev–Trinajstić information content (AvgIpc) is 3.19. The van der Waals surface area contributed by atoms with E-state index in [9.17, 15) is 0 Å². The van der Waals surface area contributed by atoms with E-state index in [4.69, 9.17) is 4.74 Å². The molecule has 1 saturated carbocycles. The summed E-state index contributed by atoms with van der Waals surface area (Å²) in [7, 11) is 1.87. The van der Waals surface area contributed by atoms with E-state index in [-0.39, 0.29) is 24.0 Å². The predicted octanol–water partition coefficient (Wildman–Crippen LogP) is 4.32. The molecule has 4 nitrogen and oxygen atoms in total. The summed E-state index contributed by atoms with van der Waals surface area (Å²) in [5.41, 5.74) is 2.78. The van der Waals surface area contributed by atoms with Crippen molar-refractivity contribution in [3.63, 3.8) is 0 Å². The van der Waals surface area contributed by atoms with E-state index >= 15 is 0 Å². The highest BCUT2D eigenvalue weighted by Crippen LogP contribution is 2.22. The highest BCUT2D eigenvalue weighted by molar-refractivity contribution is 14.0. The van der Waals surface area contributed by atoms with Gasteiger partial charge in [-0.1, -0.05) is 49.2 Å². The highest BCUT2D eigenvalue weighted by Gasteiger charge is 2.16. The maximum absolute atomic E-state index is 5.92. The zero-order valence-electron chi connectivity index (χ0n) is 15.8. The van der Waals surface area contributed by atoms with Gasteiger partial charge in [-0.25, -0.2) is 0 Å². The number of nitrogens with zero attached hydrogens (tertiary/aromatic N) is 2. The van der Waals surface area contributed by atoms with Gasteiger partial charge in [-0.15, -0.1) is 24.0 Å². The van der Waals surface area contributed by atoms with Crippen molar-refractivity contribution in [2.75, 3.05) is 33.3 Å². The molecule has 0 radical (unpaired) electrons. The van der Waals surface area contributed by atoms with Gasteiger partial charge in [-0.3, -0.25) is 4.99 Å². The second kappa shape index (κ2) is 11.6. The fraction of sp³-hybridized carbons (Fsp3) is 0.571. The van der Waals surface area contributed by atoms with Crippen LogP contribution in [0.5, 0.6) is 0 Å². The third-order valence-electron chi connectivity index (χ3n) is 5.13. The lowest BCUT2D eigenvalue weighted by Crippen LogP contribution is -2.43. The number of guanidine groups is 1. The number of hydrogen-bond acceptors (Lipinski definition) is 2. The molecule has 0 atom stereocenters. The summed E-state index contributed by atoms with van der Waals surface area (Å²) in [5.74, 6) is 1.00. The van der Waals surface area contributed by atoms with E-state index in [1.54, 1.807) is 0 Å². The molecule has 1 heterocycles. The molecule has 0 unspecified atom stereocenters. The topological polar surface area (TPSA) is 36.9 Å². The number of nitrogens with one attached hydrogen (secondary N) is 1. The van der Waals surface area contributed by atoms with Crippen molar-refractivity contribution in [2.45, 2.75) is 44.6 Å². The molecule has 1 aromatic carbocycles. The van der Waals surface area contributed by atoms with Crippen LogP contribution >= 0.6 is 24.0 Å². The Morgan fingerprint density at radius 2 is 2.00 bits per heavy atom. The SMILES string of the molecule is CN=C(NCCCOC1CCCC1)N1CC=C(c2ccccc2)CC1.I. The molecule has 144 valence electrons. The Morgan fingerprint density at radius 3 is 2.65 bits per heavy atom. The Bertz CT molecular complexity index is 582. The van der Waals surface area contributed by atoms with E-state index in [0.717, 1.165) is 45.0 Å². The summed E-state index contributed by atoms with van der Waals surface area (Å²) in [5, 5.41) is 3.49. The fourth-order valence-electron chi connectivity index (χ4n) is 3.69. The Morgan fingerprint density at radius 1 is 1.23 bits per heavy atom. The van der Waals surface area contributed by atoms with Crippen LogP contribution in [0.1, 0.15) is 44.1 Å². The molecule has 3 rings (SSSR count). The van der Waals surface area contributed by atoms with Crippen LogP contribution in [-0.2, 0) is 4.74 Å². The first-order valence-corrected chi connectivity index (χ1v) is 9.68. The molecule has 5 heteroatoms. The van der Waals surface area contributed by atoms with Crippen LogP contribution in [0.4, 0.5) is 0 Å². The van der Waals surface area contributed by atoms with Crippen molar-refractivity contribution < 1.29 is 4.74 Å². The number of benzene rings is 1. The average molecular weight is 469 g/mol. The molecule has 1 aliphatic heterocycles. The Balaban J connectivity index is 0.00000243. The van der Waals surface area contributed by atoms with Crippen molar-refractivity contribution in [3.8, 4) is 0 Å². The van der Waals surface area contributed by atoms with Crippen molar-refractivity contribution in [1.82, 2.24) is 10.2 Å². The smallest absolute Gasteiger partial charge is 0.193 e. The molecular formula is C21H32IN3O. The van der Waals surface area contributed by atoms with Gasteiger partial charge in [0.2, 0.25) is 0 Å². The minimum atomic E-state index is 0. The highest BCUT2D eigenvalue weighted by atomic mass is 127. The van der Waals surface area contributed by atoms with Crippen LogP contribution in [0.3, 0.4) is 0 Å². The van der Waals surface area contributed by atoms with E-state index in [2.05, 4.69) is 51.6 Å². The summed E-state index contributed by atoms with van der Waals surface area (Å²) in [6.45, 7) is 3.71. The van der Waals surface area contributed by atoms with Gasteiger partial charge in [-0.2, -0.15) is 0 Å². The number of ether oxygens (including phenoxy) is 1. The summed E-state index contributed by atoms with van der Waals surface area (Å²) < 4.78 is 5.92. The van der Waals surface area contributed by atoms with Crippen LogP contribution < -0.4 is 5.32 Å². The second-order valence-corrected chi connectivity index (χ2v) is 6.90. The second-order valence-electron chi connectivity index (χ2n) is 6.90. The third kappa shape index (κ3) is 6.27. The molecule has 0 spiro atoms. The van der Waals surface area contributed by atoms with Crippen molar-refractivity contribution in [2.24, 2.45) is 4.99 Å². The summed E-state index contributed by atoms with van der Waals surface area (Å²) in [4.78, 5) is 6.77. The quantitative estimate of drug-likeness (QED) is 0.292. The summed E-state index contributed by atoms with van der Waals surface area (Å²) in [6, 6.07) is 10.7.